The molecule has 0 spiro atoms. The van der Waals surface area contributed by atoms with E-state index < -0.39 is 6.10 Å². The van der Waals surface area contributed by atoms with Crippen LogP contribution in [0.1, 0.15) is 18.6 Å². The summed E-state index contributed by atoms with van der Waals surface area (Å²) in [7, 11) is 0. The van der Waals surface area contributed by atoms with Crippen LogP contribution in [0, 0.1) is 0 Å². The molecule has 3 nitrogen and oxygen atoms in total. The van der Waals surface area contributed by atoms with Crippen molar-refractivity contribution in [2.24, 2.45) is 10.7 Å². The number of halogens is 1. The molecule has 0 fully saturated rings. The lowest BCUT2D eigenvalue weighted by Gasteiger charge is -2.04. The summed E-state index contributed by atoms with van der Waals surface area (Å²) in [4.78, 5) is 4.06. The van der Waals surface area contributed by atoms with Gasteiger partial charge in [0.25, 0.3) is 0 Å². The number of benzene rings is 1. The molecule has 14 heavy (non-hydrogen) atoms. The summed E-state index contributed by atoms with van der Waals surface area (Å²) in [5.74, 6) is 0.606. The molecule has 0 saturated carbocycles. The van der Waals surface area contributed by atoms with Crippen LogP contribution in [0.4, 0.5) is 5.69 Å². The van der Waals surface area contributed by atoms with Gasteiger partial charge in [0, 0.05) is 0 Å². The smallest absolute Gasteiger partial charge is 0.115 e. The molecule has 1 unspecified atom stereocenters. The fourth-order valence-electron chi connectivity index (χ4n) is 1.02. The molecule has 1 aromatic carbocycles. The van der Waals surface area contributed by atoms with E-state index in [1.54, 1.807) is 19.1 Å². The molecule has 76 valence electrons. The second-order valence-electron chi connectivity index (χ2n) is 3.00. The first-order chi connectivity index (χ1) is 6.63. The summed E-state index contributed by atoms with van der Waals surface area (Å²) >= 11 is 5.49. The Morgan fingerprint density at radius 2 is 2.07 bits per heavy atom. The standard InChI is InChI=1S/C10H13ClN2O/c1-7(14)8-2-4-9(5-3-8)13-10(12)6-11/h2-5,7,14H,6H2,1H3,(H2,12,13). The summed E-state index contributed by atoms with van der Waals surface area (Å²) in [6.07, 6.45) is -0.460. The molecule has 0 aliphatic rings. The van der Waals surface area contributed by atoms with E-state index in [9.17, 15) is 5.11 Å². The van der Waals surface area contributed by atoms with E-state index in [4.69, 9.17) is 17.3 Å². The van der Waals surface area contributed by atoms with Crippen LogP contribution in [0.25, 0.3) is 0 Å². The van der Waals surface area contributed by atoms with Crippen LogP contribution in [-0.2, 0) is 0 Å². The van der Waals surface area contributed by atoms with Crippen LogP contribution in [0.2, 0.25) is 0 Å². The minimum atomic E-state index is -0.460. The fourth-order valence-corrected chi connectivity index (χ4v) is 1.08. The molecule has 3 N–H and O–H groups in total. The van der Waals surface area contributed by atoms with Crippen molar-refractivity contribution in [3.63, 3.8) is 0 Å². The first-order valence-electron chi connectivity index (χ1n) is 4.30. The number of aliphatic hydroxyl groups excluding tert-OH is 1. The van der Waals surface area contributed by atoms with Crippen molar-refractivity contribution < 1.29 is 5.11 Å². The third kappa shape index (κ3) is 3.01. The normalized spacial score (nSPS) is 14.1. The molecule has 0 heterocycles. The Morgan fingerprint density at radius 3 is 2.50 bits per heavy atom. The van der Waals surface area contributed by atoms with Gasteiger partial charge in [0.15, 0.2) is 0 Å². The number of alkyl halides is 1. The van der Waals surface area contributed by atoms with Gasteiger partial charge in [-0.2, -0.15) is 0 Å². The number of nitrogens with zero attached hydrogens (tertiary/aromatic N) is 1. The number of aliphatic hydroxyl groups is 1. The van der Waals surface area contributed by atoms with Crippen LogP contribution in [-0.4, -0.2) is 16.8 Å². The Bertz CT molecular complexity index is 319. The summed E-state index contributed by atoms with van der Waals surface area (Å²) in [5, 5.41) is 9.26. The lowest BCUT2D eigenvalue weighted by atomic mass is 10.1. The van der Waals surface area contributed by atoms with Gasteiger partial charge in [-0.3, -0.25) is 0 Å². The van der Waals surface area contributed by atoms with Gasteiger partial charge in [-0.1, -0.05) is 12.1 Å². The second kappa shape index (κ2) is 4.98. The number of amidine groups is 1. The molecule has 1 rings (SSSR count). The lowest BCUT2D eigenvalue weighted by molar-refractivity contribution is 0.199. The molecule has 0 bridgehead atoms. The summed E-state index contributed by atoms with van der Waals surface area (Å²) in [6, 6.07) is 7.21. The quantitative estimate of drug-likeness (QED) is 0.457. The third-order valence-electron chi connectivity index (χ3n) is 1.79. The maximum atomic E-state index is 9.26. The van der Waals surface area contributed by atoms with Crippen molar-refractivity contribution in [1.82, 2.24) is 0 Å². The van der Waals surface area contributed by atoms with Crippen molar-refractivity contribution in [2.75, 3.05) is 5.88 Å². The highest BCUT2D eigenvalue weighted by Gasteiger charge is 1.99. The van der Waals surface area contributed by atoms with E-state index in [1.807, 2.05) is 12.1 Å². The van der Waals surface area contributed by atoms with E-state index in [1.165, 1.54) is 0 Å². The van der Waals surface area contributed by atoms with Crippen LogP contribution in [0.15, 0.2) is 29.3 Å². The van der Waals surface area contributed by atoms with Gasteiger partial charge < -0.3 is 10.8 Å². The first-order valence-corrected chi connectivity index (χ1v) is 4.84. The van der Waals surface area contributed by atoms with Gasteiger partial charge in [-0.15, -0.1) is 11.6 Å². The zero-order valence-electron chi connectivity index (χ0n) is 7.94. The monoisotopic (exact) mass is 212 g/mol. The number of hydrogen-bond acceptors (Lipinski definition) is 2. The lowest BCUT2D eigenvalue weighted by Crippen LogP contribution is -2.12. The number of nitrogens with two attached hydrogens (primary N) is 1. The van der Waals surface area contributed by atoms with Gasteiger partial charge in [-0.05, 0) is 24.6 Å². The number of aliphatic imine (C=N–C) groups is 1. The largest absolute Gasteiger partial charge is 0.389 e. The second-order valence-corrected chi connectivity index (χ2v) is 3.27. The van der Waals surface area contributed by atoms with Crippen molar-refractivity contribution in [3.8, 4) is 0 Å². The Labute approximate surface area is 88.2 Å². The van der Waals surface area contributed by atoms with Crippen molar-refractivity contribution >= 4 is 23.1 Å². The highest BCUT2D eigenvalue weighted by molar-refractivity contribution is 6.28. The SMILES string of the molecule is CC(O)c1ccc(N=C(N)CCl)cc1. The predicted octanol–water partition coefficient (Wildman–Crippen LogP) is 1.97. The van der Waals surface area contributed by atoms with Crippen LogP contribution < -0.4 is 5.73 Å². The number of hydrogen-bond donors (Lipinski definition) is 2. The Hall–Kier alpha value is -1.06. The molecule has 0 aliphatic carbocycles. The average Bonchev–Trinajstić information content (AvgIpc) is 2.18. The molecule has 0 amide bonds. The molecular formula is C10H13ClN2O. The number of rotatable bonds is 3. The Balaban J connectivity index is 2.84. The zero-order valence-corrected chi connectivity index (χ0v) is 8.70. The van der Waals surface area contributed by atoms with Gasteiger partial charge in [0.05, 0.1) is 17.7 Å². The van der Waals surface area contributed by atoms with E-state index in [2.05, 4.69) is 4.99 Å². The van der Waals surface area contributed by atoms with Crippen molar-refractivity contribution in [3.05, 3.63) is 29.8 Å². The Kier molecular flexibility index (Phi) is 3.92. The highest BCUT2D eigenvalue weighted by atomic mass is 35.5. The molecule has 1 aromatic rings. The first kappa shape index (κ1) is 11.0. The van der Waals surface area contributed by atoms with Crippen LogP contribution in [0.5, 0.6) is 0 Å². The van der Waals surface area contributed by atoms with Crippen molar-refractivity contribution in [2.45, 2.75) is 13.0 Å². The topological polar surface area (TPSA) is 58.6 Å². The molecular weight excluding hydrogens is 200 g/mol. The van der Waals surface area contributed by atoms with Gasteiger partial charge >= 0.3 is 0 Å². The van der Waals surface area contributed by atoms with E-state index in [0.29, 0.717) is 5.84 Å². The summed E-state index contributed by atoms with van der Waals surface area (Å²) in [5.41, 5.74) is 7.07. The molecule has 0 radical (unpaired) electrons. The third-order valence-corrected chi connectivity index (χ3v) is 2.06. The van der Waals surface area contributed by atoms with Crippen molar-refractivity contribution in [1.29, 1.82) is 0 Å². The molecule has 0 aromatic heterocycles. The van der Waals surface area contributed by atoms with E-state index in [0.717, 1.165) is 11.3 Å². The molecule has 4 heteroatoms. The maximum absolute atomic E-state index is 9.26. The molecule has 1 atom stereocenters. The van der Waals surface area contributed by atoms with E-state index >= 15 is 0 Å². The highest BCUT2D eigenvalue weighted by Crippen LogP contribution is 2.17. The zero-order chi connectivity index (χ0) is 10.6. The predicted molar refractivity (Wildman–Crippen MR) is 59.1 cm³/mol. The minimum Gasteiger partial charge on any atom is -0.389 e. The van der Waals surface area contributed by atoms with Crippen LogP contribution in [0.3, 0.4) is 0 Å². The Morgan fingerprint density at radius 1 is 1.50 bits per heavy atom. The van der Waals surface area contributed by atoms with E-state index in [-0.39, 0.29) is 5.88 Å². The van der Waals surface area contributed by atoms with Gasteiger partial charge in [-0.25, -0.2) is 4.99 Å². The van der Waals surface area contributed by atoms with Gasteiger partial charge in [0.2, 0.25) is 0 Å². The minimum absolute atomic E-state index is 0.220. The van der Waals surface area contributed by atoms with Crippen LogP contribution >= 0.6 is 11.6 Å². The fraction of sp³-hybridized carbons (Fsp3) is 0.300. The maximum Gasteiger partial charge on any atom is 0.115 e. The van der Waals surface area contributed by atoms with Gasteiger partial charge in [0.1, 0.15) is 5.84 Å². The average molecular weight is 213 g/mol. The summed E-state index contributed by atoms with van der Waals surface area (Å²) < 4.78 is 0. The molecule has 0 aliphatic heterocycles. The molecule has 0 saturated heterocycles. The summed E-state index contributed by atoms with van der Waals surface area (Å²) in [6.45, 7) is 1.71.